The molecule has 0 fully saturated rings. The Bertz CT molecular complexity index is 325. The molecule has 0 aliphatic heterocycles. The lowest BCUT2D eigenvalue weighted by atomic mass is 10.1. The van der Waals surface area contributed by atoms with E-state index in [0.717, 1.165) is 32.2 Å². The van der Waals surface area contributed by atoms with E-state index < -0.39 is 5.97 Å². The first-order valence-electron chi connectivity index (χ1n) is 5.38. The van der Waals surface area contributed by atoms with Crippen LogP contribution in [0.5, 0.6) is 0 Å². The zero-order valence-electron chi connectivity index (χ0n) is 9.39. The molecule has 7 heteroatoms. The maximum absolute atomic E-state index is 10.2. The maximum atomic E-state index is 10.2. The largest absolute Gasteiger partial charge is 0.481 e. The van der Waals surface area contributed by atoms with E-state index in [2.05, 4.69) is 20.8 Å². The van der Waals surface area contributed by atoms with Gasteiger partial charge in [0.05, 0.1) is 0 Å². The molecule has 0 unspecified atom stereocenters. The van der Waals surface area contributed by atoms with Crippen molar-refractivity contribution in [3.8, 4) is 0 Å². The summed E-state index contributed by atoms with van der Waals surface area (Å²) in [4.78, 5) is 10.2. The number of carboxylic acids is 1. The maximum Gasteiger partial charge on any atom is 0.303 e. The Balaban J connectivity index is 1.96. The fourth-order valence-electron chi connectivity index (χ4n) is 1.33. The molecule has 7 nitrogen and oxygen atoms in total. The van der Waals surface area contributed by atoms with Gasteiger partial charge in [0.2, 0.25) is 5.95 Å². The van der Waals surface area contributed by atoms with Gasteiger partial charge in [-0.3, -0.25) is 4.79 Å². The first-order valence-corrected chi connectivity index (χ1v) is 5.38. The summed E-state index contributed by atoms with van der Waals surface area (Å²) in [5.41, 5.74) is 0. The normalized spacial score (nSPS) is 10.3. The highest BCUT2D eigenvalue weighted by Gasteiger charge is 2.00. The molecule has 0 aliphatic rings. The number of hydrogen-bond donors (Lipinski definition) is 2. The summed E-state index contributed by atoms with van der Waals surface area (Å²) in [5, 5.41) is 22.5. The van der Waals surface area contributed by atoms with Crippen LogP contribution in [0.25, 0.3) is 0 Å². The van der Waals surface area contributed by atoms with Crippen molar-refractivity contribution < 1.29 is 9.90 Å². The molecule has 90 valence electrons. The van der Waals surface area contributed by atoms with Crippen molar-refractivity contribution in [2.24, 2.45) is 7.05 Å². The van der Waals surface area contributed by atoms with Gasteiger partial charge in [0.1, 0.15) is 0 Å². The SMILES string of the molecule is Cn1nnnc1NCCCCCCC(=O)O. The molecule has 0 bridgehead atoms. The highest BCUT2D eigenvalue weighted by molar-refractivity contribution is 5.66. The third-order valence-electron chi connectivity index (χ3n) is 2.22. The monoisotopic (exact) mass is 227 g/mol. The number of unbranched alkanes of at least 4 members (excludes halogenated alkanes) is 3. The Morgan fingerprint density at radius 2 is 2.12 bits per heavy atom. The van der Waals surface area contributed by atoms with E-state index in [1.54, 1.807) is 11.7 Å². The minimum atomic E-state index is -0.719. The predicted octanol–water partition coefficient (Wildman–Crippen LogP) is 0.657. The van der Waals surface area contributed by atoms with Crippen LogP contribution in [0.1, 0.15) is 32.1 Å². The summed E-state index contributed by atoms with van der Waals surface area (Å²) in [6.07, 6.45) is 3.98. The second kappa shape index (κ2) is 6.76. The summed E-state index contributed by atoms with van der Waals surface area (Å²) in [5.74, 6) is -0.0613. The second-order valence-electron chi connectivity index (χ2n) is 3.61. The number of aromatic nitrogens is 4. The van der Waals surface area contributed by atoms with Crippen LogP contribution < -0.4 is 5.32 Å². The third kappa shape index (κ3) is 4.72. The van der Waals surface area contributed by atoms with Crippen LogP contribution in [0.4, 0.5) is 5.95 Å². The van der Waals surface area contributed by atoms with Crippen LogP contribution in [-0.2, 0) is 11.8 Å². The van der Waals surface area contributed by atoms with Crippen molar-refractivity contribution in [3.63, 3.8) is 0 Å². The number of carbonyl (C=O) groups is 1. The molecule has 2 N–H and O–H groups in total. The average molecular weight is 227 g/mol. The minimum Gasteiger partial charge on any atom is -0.481 e. The summed E-state index contributed by atoms with van der Waals surface area (Å²) in [7, 11) is 1.77. The molecule has 1 aromatic heterocycles. The van der Waals surface area contributed by atoms with Gasteiger partial charge in [-0.15, -0.1) is 0 Å². The highest BCUT2D eigenvalue weighted by Crippen LogP contribution is 2.03. The van der Waals surface area contributed by atoms with Gasteiger partial charge in [0.25, 0.3) is 0 Å². The van der Waals surface area contributed by atoms with Crippen molar-refractivity contribution >= 4 is 11.9 Å². The first-order chi connectivity index (χ1) is 7.70. The molecule has 0 amide bonds. The number of aryl methyl sites for hydroxylation is 1. The third-order valence-corrected chi connectivity index (χ3v) is 2.22. The summed E-state index contributed by atoms with van der Waals surface area (Å²) in [6, 6.07) is 0. The predicted molar refractivity (Wildman–Crippen MR) is 58.0 cm³/mol. The Morgan fingerprint density at radius 3 is 2.75 bits per heavy atom. The van der Waals surface area contributed by atoms with Crippen molar-refractivity contribution in [2.75, 3.05) is 11.9 Å². The lowest BCUT2D eigenvalue weighted by molar-refractivity contribution is -0.137. The van der Waals surface area contributed by atoms with E-state index in [1.807, 2.05) is 0 Å². The Kier molecular flexibility index (Phi) is 5.24. The molecule has 0 aliphatic carbocycles. The molecule has 1 heterocycles. The molecule has 0 spiro atoms. The van der Waals surface area contributed by atoms with Crippen LogP contribution in [0, 0.1) is 0 Å². The molecular formula is C9H17N5O2. The van der Waals surface area contributed by atoms with Gasteiger partial charge in [-0.05, 0) is 23.3 Å². The van der Waals surface area contributed by atoms with Crippen molar-refractivity contribution in [3.05, 3.63) is 0 Å². The van der Waals surface area contributed by atoms with Crippen LogP contribution in [0.15, 0.2) is 0 Å². The van der Waals surface area contributed by atoms with Gasteiger partial charge in [-0.25, -0.2) is 4.68 Å². The molecule has 1 aromatic rings. The Labute approximate surface area is 93.8 Å². The quantitative estimate of drug-likeness (QED) is 0.634. The van der Waals surface area contributed by atoms with Crippen LogP contribution in [-0.4, -0.2) is 37.8 Å². The zero-order chi connectivity index (χ0) is 11.8. The van der Waals surface area contributed by atoms with Gasteiger partial charge >= 0.3 is 5.97 Å². The van der Waals surface area contributed by atoms with Crippen LogP contribution >= 0.6 is 0 Å². The molecule has 0 aromatic carbocycles. The molecule has 0 saturated carbocycles. The summed E-state index contributed by atoms with van der Waals surface area (Å²) in [6.45, 7) is 0.807. The number of anilines is 1. The summed E-state index contributed by atoms with van der Waals surface area (Å²) >= 11 is 0. The average Bonchev–Trinajstić information content (AvgIpc) is 2.62. The van der Waals surface area contributed by atoms with Gasteiger partial charge in [-0.2, -0.15) is 0 Å². The fourth-order valence-corrected chi connectivity index (χ4v) is 1.33. The molecule has 0 saturated heterocycles. The number of tetrazole rings is 1. The number of rotatable bonds is 8. The van der Waals surface area contributed by atoms with Crippen molar-refractivity contribution in [1.82, 2.24) is 20.2 Å². The van der Waals surface area contributed by atoms with E-state index in [-0.39, 0.29) is 6.42 Å². The smallest absolute Gasteiger partial charge is 0.303 e. The molecule has 16 heavy (non-hydrogen) atoms. The van der Waals surface area contributed by atoms with Crippen molar-refractivity contribution in [1.29, 1.82) is 0 Å². The number of hydrogen-bond acceptors (Lipinski definition) is 5. The van der Waals surface area contributed by atoms with Gasteiger partial charge in [0.15, 0.2) is 0 Å². The summed E-state index contributed by atoms with van der Waals surface area (Å²) < 4.78 is 1.57. The van der Waals surface area contributed by atoms with Gasteiger partial charge in [-0.1, -0.05) is 17.9 Å². The number of nitrogens with one attached hydrogen (secondary N) is 1. The lowest BCUT2D eigenvalue weighted by Gasteiger charge is -2.03. The van der Waals surface area contributed by atoms with E-state index in [9.17, 15) is 4.79 Å². The molecule has 0 radical (unpaired) electrons. The van der Waals surface area contributed by atoms with E-state index in [1.165, 1.54) is 0 Å². The van der Waals surface area contributed by atoms with Crippen LogP contribution in [0.3, 0.4) is 0 Å². The number of nitrogens with zero attached hydrogens (tertiary/aromatic N) is 4. The molecular weight excluding hydrogens is 210 g/mol. The highest BCUT2D eigenvalue weighted by atomic mass is 16.4. The number of carboxylic acid groups (broad SMARTS) is 1. The van der Waals surface area contributed by atoms with Crippen LogP contribution in [0.2, 0.25) is 0 Å². The van der Waals surface area contributed by atoms with Gasteiger partial charge in [0, 0.05) is 20.0 Å². The number of aliphatic carboxylic acids is 1. The standard InChI is InChI=1S/C9H17N5O2/c1-14-9(11-12-13-14)10-7-5-3-2-4-6-8(15)16/h2-7H2,1H3,(H,15,16)(H,10,11,13). The zero-order valence-corrected chi connectivity index (χ0v) is 9.39. The van der Waals surface area contributed by atoms with E-state index >= 15 is 0 Å². The second-order valence-corrected chi connectivity index (χ2v) is 3.61. The van der Waals surface area contributed by atoms with E-state index in [0.29, 0.717) is 5.95 Å². The van der Waals surface area contributed by atoms with E-state index in [4.69, 9.17) is 5.11 Å². The van der Waals surface area contributed by atoms with Gasteiger partial charge < -0.3 is 10.4 Å². The minimum absolute atomic E-state index is 0.265. The first kappa shape index (κ1) is 12.4. The lowest BCUT2D eigenvalue weighted by Crippen LogP contribution is -2.07. The fraction of sp³-hybridized carbons (Fsp3) is 0.778. The molecule has 0 atom stereocenters. The Morgan fingerprint density at radius 1 is 1.38 bits per heavy atom. The molecule has 1 rings (SSSR count). The topological polar surface area (TPSA) is 92.9 Å². The Hall–Kier alpha value is -1.66. The van der Waals surface area contributed by atoms with Crippen molar-refractivity contribution in [2.45, 2.75) is 32.1 Å².